The molecule has 0 N–H and O–H groups in total. The fourth-order valence-electron chi connectivity index (χ4n) is 3.28. The standard InChI is InChI=1S/C20H17ClFN3O2/c1-12-4-2-3-5-15(12)20-23-19(24-27-20)14-9-18(26)25(11-14)10-13-6-7-17(22)16(21)8-13/h2-8,14H,9-11H2,1H3. The Morgan fingerprint density at radius 2 is 2.11 bits per heavy atom. The van der Waals surface area contributed by atoms with Crippen molar-refractivity contribution in [2.24, 2.45) is 0 Å². The van der Waals surface area contributed by atoms with E-state index in [9.17, 15) is 9.18 Å². The van der Waals surface area contributed by atoms with Gasteiger partial charge in [-0.15, -0.1) is 0 Å². The molecule has 5 nitrogen and oxygen atoms in total. The van der Waals surface area contributed by atoms with Crippen molar-refractivity contribution in [3.8, 4) is 11.5 Å². The zero-order valence-corrected chi connectivity index (χ0v) is 15.4. The Morgan fingerprint density at radius 3 is 2.89 bits per heavy atom. The fraction of sp³-hybridized carbons (Fsp3) is 0.250. The van der Waals surface area contributed by atoms with Gasteiger partial charge < -0.3 is 9.42 Å². The van der Waals surface area contributed by atoms with Crippen molar-refractivity contribution in [3.05, 3.63) is 70.3 Å². The van der Waals surface area contributed by atoms with Crippen LogP contribution in [0.25, 0.3) is 11.5 Å². The second kappa shape index (κ2) is 7.12. The van der Waals surface area contributed by atoms with E-state index in [4.69, 9.17) is 16.1 Å². The van der Waals surface area contributed by atoms with Crippen LogP contribution < -0.4 is 0 Å². The van der Waals surface area contributed by atoms with Gasteiger partial charge in [-0.2, -0.15) is 4.98 Å². The Hall–Kier alpha value is -2.73. The molecule has 138 valence electrons. The third-order valence-corrected chi connectivity index (χ3v) is 5.04. The van der Waals surface area contributed by atoms with Crippen LogP contribution in [0.3, 0.4) is 0 Å². The summed E-state index contributed by atoms with van der Waals surface area (Å²) in [6, 6.07) is 12.3. The van der Waals surface area contributed by atoms with E-state index in [-0.39, 0.29) is 16.8 Å². The van der Waals surface area contributed by atoms with Crippen molar-refractivity contribution in [3.63, 3.8) is 0 Å². The molecule has 1 unspecified atom stereocenters. The predicted octanol–water partition coefficient (Wildman–Crippen LogP) is 4.35. The Morgan fingerprint density at radius 1 is 1.30 bits per heavy atom. The molecular formula is C20H17ClFN3O2. The fourth-order valence-corrected chi connectivity index (χ4v) is 3.48. The van der Waals surface area contributed by atoms with Crippen molar-refractivity contribution in [2.45, 2.75) is 25.8 Å². The lowest BCUT2D eigenvalue weighted by molar-refractivity contribution is -0.128. The summed E-state index contributed by atoms with van der Waals surface area (Å²) in [5.41, 5.74) is 2.72. The van der Waals surface area contributed by atoms with Gasteiger partial charge in [0.05, 0.1) is 5.02 Å². The van der Waals surface area contributed by atoms with Crippen LogP contribution in [0, 0.1) is 12.7 Å². The molecule has 1 atom stereocenters. The lowest BCUT2D eigenvalue weighted by Crippen LogP contribution is -2.24. The SMILES string of the molecule is Cc1ccccc1-c1nc(C2CC(=O)N(Cc3ccc(F)c(Cl)c3)C2)no1. The molecule has 1 amide bonds. The minimum absolute atomic E-state index is 0.00249. The van der Waals surface area contributed by atoms with Crippen molar-refractivity contribution in [1.82, 2.24) is 15.0 Å². The molecule has 2 aromatic carbocycles. The van der Waals surface area contributed by atoms with Gasteiger partial charge in [0.15, 0.2) is 5.82 Å². The van der Waals surface area contributed by atoms with Crippen molar-refractivity contribution < 1.29 is 13.7 Å². The molecule has 1 aliphatic heterocycles. The normalized spacial score (nSPS) is 16.9. The highest BCUT2D eigenvalue weighted by atomic mass is 35.5. The quantitative estimate of drug-likeness (QED) is 0.669. The summed E-state index contributed by atoms with van der Waals surface area (Å²) < 4.78 is 18.7. The summed E-state index contributed by atoms with van der Waals surface area (Å²) in [6.45, 7) is 2.84. The summed E-state index contributed by atoms with van der Waals surface area (Å²) in [4.78, 5) is 18.6. The summed E-state index contributed by atoms with van der Waals surface area (Å²) in [5.74, 6) is 0.389. The average molecular weight is 386 g/mol. The maximum absolute atomic E-state index is 13.3. The molecular weight excluding hydrogens is 369 g/mol. The highest BCUT2D eigenvalue weighted by molar-refractivity contribution is 6.30. The number of amides is 1. The predicted molar refractivity (Wildman–Crippen MR) is 98.7 cm³/mol. The third-order valence-electron chi connectivity index (χ3n) is 4.75. The van der Waals surface area contributed by atoms with E-state index in [0.29, 0.717) is 31.2 Å². The van der Waals surface area contributed by atoms with Crippen molar-refractivity contribution in [1.29, 1.82) is 0 Å². The molecule has 3 aromatic rings. The monoisotopic (exact) mass is 385 g/mol. The van der Waals surface area contributed by atoms with E-state index in [0.717, 1.165) is 16.7 Å². The second-order valence-corrected chi connectivity index (χ2v) is 7.10. The van der Waals surface area contributed by atoms with Crippen LogP contribution in [0.2, 0.25) is 5.02 Å². The van der Waals surface area contributed by atoms with Crippen LogP contribution in [0.4, 0.5) is 4.39 Å². The van der Waals surface area contributed by atoms with Crippen LogP contribution in [0.5, 0.6) is 0 Å². The zero-order valence-electron chi connectivity index (χ0n) is 14.7. The Labute approximate surface area is 160 Å². The Balaban J connectivity index is 1.49. The van der Waals surface area contributed by atoms with Crippen LogP contribution >= 0.6 is 11.6 Å². The molecule has 0 spiro atoms. The van der Waals surface area contributed by atoms with Gasteiger partial charge in [0, 0.05) is 31.0 Å². The van der Waals surface area contributed by atoms with E-state index in [1.807, 2.05) is 31.2 Å². The first-order chi connectivity index (χ1) is 13.0. The largest absolute Gasteiger partial charge is 0.338 e. The van der Waals surface area contributed by atoms with Crippen LogP contribution in [0.15, 0.2) is 47.0 Å². The first kappa shape index (κ1) is 17.7. The lowest BCUT2D eigenvalue weighted by Gasteiger charge is -2.16. The maximum Gasteiger partial charge on any atom is 0.258 e. The lowest BCUT2D eigenvalue weighted by atomic mass is 10.1. The molecule has 0 saturated carbocycles. The molecule has 0 bridgehead atoms. The molecule has 27 heavy (non-hydrogen) atoms. The minimum atomic E-state index is -0.471. The number of benzene rings is 2. The summed E-state index contributed by atoms with van der Waals surface area (Å²) in [7, 11) is 0. The summed E-state index contributed by atoms with van der Waals surface area (Å²) in [5, 5.41) is 4.13. The van der Waals surface area contributed by atoms with Crippen LogP contribution in [-0.4, -0.2) is 27.5 Å². The van der Waals surface area contributed by atoms with Gasteiger partial charge in [-0.05, 0) is 36.2 Å². The topological polar surface area (TPSA) is 59.2 Å². The number of nitrogens with zero attached hydrogens (tertiary/aromatic N) is 3. The number of rotatable bonds is 4. The van der Waals surface area contributed by atoms with Crippen LogP contribution in [0.1, 0.15) is 29.3 Å². The summed E-state index contributed by atoms with van der Waals surface area (Å²) in [6.07, 6.45) is 0.321. The molecule has 1 aromatic heterocycles. The zero-order chi connectivity index (χ0) is 19.0. The molecule has 7 heteroatoms. The number of aryl methyl sites for hydroxylation is 1. The van der Waals surface area contributed by atoms with Gasteiger partial charge in [-0.3, -0.25) is 4.79 Å². The number of hydrogen-bond donors (Lipinski definition) is 0. The number of hydrogen-bond acceptors (Lipinski definition) is 4. The minimum Gasteiger partial charge on any atom is -0.338 e. The van der Waals surface area contributed by atoms with Gasteiger partial charge >= 0.3 is 0 Å². The molecule has 0 radical (unpaired) electrons. The van der Waals surface area contributed by atoms with E-state index >= 15 is 0 Å². The highest BCUT2D eigenvalue weighted by Gasteiger charge is 2.34. The van der Waals surface area contributed by atoms with E-state index in [1.54, 1.807) is 17.0 Å². The van der Waals surface area contributed by atoms with Gasteiger partial charge in [0.25, 0.3) is 5.89 Å². The van der Waals surface area contributed by atoms with E-state index in [2.05, 4.69) is 10.1 Å². The van der Waals surface area contributed by atoms with E-state index < -0.39 is 5.82 Å². The van der Waals surface area contributed by atoms with Gasteiger partial charge in [-0.25, -0.2) is 4.39 Å². The average Bonchev–Trinajstić information content (AvgIpc) is 3.26. The maximum atomic E-state index is 13.3. The van der Waals surface area contributed by atoms with Gasteiger partial charge in [0.1, 0.15) is 5.82 Å². The molecule has 2 heterocycles. The molecule has 1 fully saturated rings. The van der Waals surface area contributed by atoms with Crippen LogP contribution in [-0.2, 0) is 11.3 Å². The number of likely N-dealkylation sites (tertiary alicyclic amines) is 1. The first-order valence-electron chi connectivity index (χ1n) is 8.62. The molecule has 0 aliphatic carbocycles. The van der Waals surface area contributed by atoms with Gasteiger partial charge in [0.2, 0.25) is 5.91 Å². The van der Waals surface area contributed by atoms with E-state index in [1.165, 1.54) is 6.07 Å². The number of carbonyl (C=O) groups excluding carboxylic acids is 1. The highest BCUT2D eigenvalue weighted by Crippen LogP contribution is 2.30. The third kappa shape index (κ3) is 3.57. The first-order valence-corrected chi connectivity index (χ1v) is 9.00. The summed E-state index contributed by atoms with van der Waals surface area (Å²) >= 11 is 5.82. The van der Waals surface area contributed by atoms with Gasteiger partial charge in [-0.1, -0.05) is 41.0 Å². The Bertz CT molecular complexity index is 1000. The molecule has 4 rings (SSSR count). The Kier molecular flexibility index (Phi) is 4.66. The number of carbonyl (C=O) groups is 1. The smallest absolute Gasteiger partial charge is 0.258 e. The van der Waals surface area contributed by atoms with Crippen molar-refractivity contribution in [2.75, 3.05) is 6.54 Å². The second-order valence-electron chi connectivity index (χ2n) is 6.70. The number of aromatic nitrogens is 2. The number of halogens is 2. The molecule has 1 aliphatic rings. The van der Waals surface area contributed by atoms with Crippen molar-refractivity contribution >= 4 is 17.5 Å². The molecule has 1 saturated heterocycles.